The van der Waals surface area contributed by atoms with Crippen molar-refractivity contribution in [1.29, 1.82) is 0 Å². The Kier molecular flexibility index (Phi) is 6.88. The highest BCUT2D eigenvalue weighted by atomic mass is 35.5. The number of hydrogen-bond donors (Lipinski definition) is 3. The Morgan fingerprint density at radius 3 is 2.61 bits per heavy atom. The molecule has 9 nitrogen and oxygen atoms in total. The Bertz CT molecular complexity index is 1330. The third-order valence-corrected chi connectivity index (χ3v) is 6.78. The predicted molar refractivity (Wildman–Crippen MR) is 143 cm³/mol. The van der Waals surface area contributed by atoms with E-state index in [0.29, 0.717) is 41.9 Å². The molecular weight excluding hydrogens is 478 g/mol. The van der Waals surface area contributed by atoms with Crippen LogP contribution in [0.4, 0.5) is 5.82 Å². The minimum absolute atomic E-state index is 0.0196. The highest BCUT2D eigenvalue weighted by Crippen LogP contribution is 2.34. The highest BCUT2D eigenvalue weighted by molar-refractivity contribution is 6.32. The molecule has 0 atom stereocenters. The topological polar surface area (TPSA) is 108 Å². The Balaban J connectivity index is 1.54. The number of aromatic nitrogens is 4. The van der Waals surface area contributed by atoms with Crippen LogP contribution in [0.15, 0.2) is 24.8 Å². The molecule has 3 heterocycles. The van der Waals surface area contributed by atoms with E-state index >= 15 is 0 Å². The average molecular weight is 512 g/mol. The van der Waals surface area contributed by atoms with E-state index in [2.05, 4.69) is 54.2 Å². The van der Waals surface area contributed by atoms with Crippen LogP contribution < -0.4 is 10.6 Å². The number of fused-ring (bicyclic) bond motifs is 1. The zero-order chi connectivity index (χ0) is 26.4. The van der Waals surface area contributed by atoms with Crippen LogP contribution in [-0.2, 0) is 16.8 Å². The van der Waals surface area contributed by atoms with Gasteiger partial charge in [-0.25, -0.2) is 4.98 Å². The van der Waals surface area contributed by atoms with Gasteiger partial charge in [-0.15, -0.1) is 0 Å². The normalized spacial score (nSPS) is 14.3. The fourth-order valence-electron chi connectivity index (χ4n) is 4.60. The number of carbonyl (C=O) groups is 2. The van der Waals surface area contributed by atoms with Crippen LogP contribution in [0.2, 0.25) is 5.02 Å². The number of H-pyrrole nitrogens is 1. The average Bonchev–Trinajstić information content (AvgIpc) is 3.32. The molecule has 4 rings (SSSR count). The fraction of sp³-hybridized carbons (Fsp3) is 0.462. The molecule has 36 heavy (non-hydrogen) atoms. The molecule has 1 saturated heterocycles. The summed E-state index contributed by atoms with van der Waals surface area (Å²) in [5, 5.41) is 15.6. The second-order valence-electron chi connectivity index (χ2n) is 10.6. The van der Waals surface area contributed by atoms with Crippen molar-refractivity contribution in [3.63, 3.8) is 0 Å². The van der Waals surface area contributed by atoms with Gasteiger partial charge in [0.05, 0.1) is 23.8 Å². The third kappa shape index (κ3) is 4.84. The lowest BCUT2D eigenvalue weighted by atomic mass is 9.86. The molecule has 2 amide bonds. The fourth-order valence-corrected chi connectivity index (χ4v) is 5.05. The van der Waals surface area contributed by atoms with Gasteiger partial charge >= 0.3 is 0 Å². The first-order valence-corrected chi connectivity index (χ1v) is 12.5. The van der Waals surface area contributed by atoms with Crippen molar-refractivity contribution < 1.29 is 9.59 Å². The Morgan fingerprint density at radius 2 is 2.00 bits per heavy atom. The molecule has 1 aliphatic heterocycles. The molecule has 0 saturated carbocycles. The first kappa shape index (κ1) is 25.8. The van der Waals surface area contributed by atoms with E-state index in [0.717, 1.165) is 22.3 Å². The van der Waals surface area contributed by atoms with Gasteiger partial charge < -0.3 is 20.1 Å². The van der Waals surface area contributed by atoms with E-state index < -0.39 is 0 Å². The van der Waals surface area contributed by atoms with Gasteiger partial charge in [-0.1, -0.05) is 39.0 Å². The summed E-state index contributed by atoms with van der Waals surface area (Å²) >= 11 is 6.51. The molecule has 0 spiro atoms. The van der Waals surface area contributed by atoms with Crippen LogP contribution in [0.5, 0.6) is 0 Å². The van der Waals surface area contributed by atoms with Gasteiger partial charge in [-0.05, 0) is 50.0 Å². The van der Waals surface area contributed by atoms with E-state index in [1.165, 1.54) is 6.08 Å². The van der Waals surface area contributed by atoms with Crippen molar-refractivity contribution in [2.75, 3.05) is 18.4 Å². The van der Waals surface area contributed by atoms with Gasteiger partial charge in [0, 0.05) is 29.5 Å². The zero-order valence-corrected chi connectivity index (χ0v) is 22.5. The third-order valence-electron chi connectivity index (χ3n) is 6.47. The van der Waals surface area contributed by atoms with E-state index in [4.69, 9.17) is 16.6 Å². The molecule has 3 aromatic rings. The maximum atomic E-state index is 13.2. The largest absolute Gasteiger partial charge is 0.361 e. The second-order valence-corrected chi connectivity index (χ2v) is 11.0. The first-order valence-electron chi connectivity index (χ1n) is 12.1. The number of nitrogens with one attached hydrogen (secondary N) is 3. The van der Waals surface area contributed by atoms with Gasteiger partial charge in [0.25, 0.3) is 5.91 Å². The number of benzene rings is 1. The van der Waals surface area contributed by atoms with Gasteiger partial charge in [0.1, 0.15) is 11.5 Å². The minimum atomic E-state index is -0.190. The van der Waals surface area contributed by atoms with Crippen molar-refractivity contribution >= 4 is 40.1 Å². The summed E-state index contributed by atoms with van der Waals surface area (Å²) in [4.78, 5) is 31.2. The van der Waals surface area contributed by atoms with Crippen LogP contribution in [0.25, 0.3) is 10.9 Å². The molecule has 1 aromatic carbocycles. The van der Waals surface area contributed by atoms with Crippen molar-refractivity contribution in [2.24, 2.45) is 0 Å². The lowest BCUT2D eigenvalue weighted by Crippen LogP contribution is -2.60. The lowest BCUT2D eigenvalue weighted by molar-refractivity contribution is -0.130. The molecule has 0 bridgehead atoms. The van der Waals surface area contributed by atoms with Crippen molar-refractivity contribution in [3.8, 4) is 0 Å². The molecule has 10 heteroatoms. The number of imidazole rings is 1. The molecule has 0 aliphatic carbocycles. The van der Waals surface area contributed by atoms with Gasteiger partial charge in [-0.3, -0.25) is 14.7 Å². The number of nitrogens with zero attached hydrogens (tertiary/aromatic N) is 4. The van der Waals surface area contributed by atoms with E-state index in [9.17, 15) is 9.59 Å². The number of halogens is 1. The van der Waals surface area contributed by atoms with E-state index in [-0.39, 0.29) is 29.3 Å². The van der Waals surface area contributed by atoms with Crippen LogP contribution >= 0.6 is 11.6 Å². The number of carbonyl (C=O) groups excluding carboxylic acids is 2. The SMILES string of the molecule is C=CC(=O)N1CC(NC(=O)c2c(C)nc(CNc3n[nH]c4cc(Cl)c(C(C)(C)C)cc34)n2C(C)C)C1. The Morgan fingerprint density at radius 1 is 1.31 bits per heavy atom. The van der Waals surface area contributed by atoms with Crippen LogP contribution in [0.1, 0.15) is 68.2 Å². The summed E-state index contributed by atoms with van der Waals surface area (Å²) in [6, 6.07) is 3.91. The number of amides is 2. The summed E-state index contributed by atoms with van der Waals surface area (Å²) in [6.07, 6.45) is 1.29. The number of rotatable bonds is 7. The predicted octanol–water partition coefficient (Wildman–Crippen LogP) is 4.34. The molecule has 1 aliphatic rings. The summed E-state index contributed by atoms with van der Waals surface area (Å²) in [6.45, 7) is 17.1. The quantitative estimate of drug-likeness (QED) is 0.409. The molecule has 0 radical (unpaired) electrons. The van der Waals surface area contributed by atoms with Crippen molar-refractivity contribution in [1.82, 2.24) is 30.0 Å². The Labute approximate surface area is 216 Å². The van der Waals surface area contributed by atoms with Crippen molar-refractivity contribution in [3.05, 3.63) is 52.6 Å². The summed E-state index contributed by atoms with van der Waals surface area (Å²) in [5.41, 5.74) is 2.98. The molecule has 192 valence electrons. The lowest BCUT2D eigenvalue weighted by Gasteiger charge is -2.39. The van der Waals surface area contributed by atoms with Gasteiger partial charge in [0.15, 0.2) is 5.82 Å². The number of anilines is 1. The monoisotopic (exact) mass is 511 g/mol. The zero-order valence-electron chi connectivity index (χ0n) is 21.7. The molecule has 0 unspecified atom stereocenters. The number of aryl methyl sites for hydroxylation is 1. The highest BCUT2D eigenvalue weighted by Gasteiger charge is 2.32. The van der Waals surface area contributed by atoms with Gasteiger partial charge in [-0.2, -0.15) is 5.10 Å². The number of aromatic amines is 1. The Hall–Kier alpha value is -3.33. The second kappa shape index (κ2) is 9.61. The molecular formula is C26H34ClN7O2. The van der Waals surface area contributed by atoms with E-state index in [1.54, 1.807) is 4.90 Å². The minimum Gasteiger partial charge on any atom is -0.361 e. The van der Waals surface area contributed by atoms with Gasteiger partial charge in [0.2, 0.25) is 5.91 Å². The number of likely N-dealkylation sites (tertiary alicyclic amines) is 1. The summed E-state index contributed by atoms with van der Waals surface area (Å²) < 4.78 is 1.95. The molecule has 2 aromatic heterocycles. The molecule has 1 fully saturated rings. The smallest absolute Gasteiger partial charge is 0.270 e. The van der Waals surface area contributed by atoms with Crippen LogP contribution in [-0.4, -0.2) is 55.6 Å². The van der Waals surface area contributed by atoms with Crippen LogP contribution in [0, 0.1) is 6.92 Å². The summed E-state index contributed by atoms with van der Waals surface area (Å²) in [5.74, 6) is 1.13. The van der Waals surface area contributed by atoms with Crippen LogP contribution in [0.3, 0.4) is 0 Å². The van der Waals surface area contributed by atoms with E-state index in [1.807, 2.05) is 31.4 Å². The first-order chi connectivity index (χ1) is 16.9. The maximum absolute atomic E-state index is 13.2. The summed E-state index contributed by atoms with van der Waals surface area (Å²) in [7, 11) is 0. The standard InChI is InChI=1S/C26H34ClN7O2/c1-8-22(35)33-12-16(13-33)30-25(36)23-15(4)29-21(34(23)14(2)3)11-28-24-17-9-18(26(5,6)7)19(27)10-20(17)31-32-24/h8-10,14,16H,1,11-13H2,2-7H3,(H,30,36)(H2,28,31,32). The molecule has 3 N–H and O–H groups in total. The van der Waals surface area contributed by atoms with Crippen molar-refractivity contribution in [2.45, 2.75) is 65.6 Å². The maximum Gasteiger partial charge on any atom is 0.270 e. The number of hydrogen-bond acceptors (Lipinski definition) is 5.